The number of nitrogens with zero attached hydrogens (tertiary/aromatic N) is 2. The van der Waals surface area contributed by atoms with Crippen LogP contribution < -0.4 is 19.0 Å². The Morgan fingerprint density at radius 1 is 1.09 bits per heavy atom. The molecule has 34 heavy (non-hydrogen) atoms. The first-order chi connectivity index (χ1) is 16.4. The molecule has 0 radical (unpaired) electrons. The molecule has 10 heteroatoms. The molecule has 0 fully saturated rings. The number of ether oxygens (including phenoxy) is 2. The molecule has 4 aromatic rings. The average Bonchev–Trinajstić information content (AvgIpc) is 3.42. The van der Waals surface area contributed by atoms with Gasteiger partial charge in [0.05, 0.1) is 21.7 Å². The Hall–Kier alpha value is -4.07. The summed E-state index contributed by atoms with van der Waals surface area (Å²) in [6.45, 7) is 0.366. The Kier molecular flexibility index (Phi) is 5.57. The van der Waals surface area contributed by atoms with Crippen LogP contribution in [-0.4, -0.2) is 25.7 Å². The van der Waals surface area contributed by atoms with E-state index >= 15 is 0 Å². The molecule has 2 heterocycles. The van der Waals surface area contributed by atoms with E-state index in [1.807, 2.05) is 12.1 Å². The van der Waals surface area contributed by atoms with Gasteiger partial charge in [0.2, 0.25) is 6.79 Å². The third-order valence-electron chi connectivity index (χ3n) is 5.04. The maximum Gasteiger partial charge on any atom is 0.279 e. The van der Waals surface area contributed by atoms with Crippen molar-refractivity contribution in [1.82, 2.24) is 4.57 Å². The molecule has 0 unspecified atom stereocenters. The van der Waals surface area contributed by atoms with Crippen molar-refractivity contribution in [3.8, 4) is 23.8 Å². The summed E-state index contributed by atoms with van der Waals surface area (Å²) in [4.78, 5) is 17.8. The number of hydrogen-bond acceptors (Lipinski definition) is 6. The van der Waals surface area contributed by atoms with Gasteiger partial charge >= 0.3 is 0 Å². The van der Waals surface area contributed by atoms with Crippen LogP contribution in [0.2, 0.25) is 0 Å². The number of sulfonamides is 1. The lowest BCUT2D eigenvalue weighted by molar-refractivity contribution is 0.0998. The lowest BCUT2D eigenvalue weighted by Gasteiger charge is -2.08. The Balaban J connectivity index is 1.49. The van der Waals surface area contributed by atoms with Crippen LogP contribution in [0, 0.1) is 12.3 Å². The van der Waals surface area contributed by atoms with E-state index in [1.165, 1.54) is 29.5 Å². The Bertz CT molecular complexity index is 1630. The van der Waals surface area contributed by atoms with Gasteiger partial charge in [-0.1, -0.05) is 41.5 Å². The van der Waals surface area contributed by atoms with E-state index in [9.17, 15) is 13.2 Å². The minimum Gasteiger partial charge on any atom is -0.454 e. The summed E-state index contributed by atoms with van der Waals surface area (Å²) in [6.07, 6.45) is 5.55. The monoisotopic (exact) mass is 491 g/mol. The van der Waals surface area contributed by atoms with Gasteiger partial charge in [-0.2, -0.15) is 4.99 Å². The van der Waals surface area contributed by atoms with Crippen LogP contribution in [0.1, 0.15) is 10.4 Å². The SMILES string of the molecule is C#CCn1c(=NC(=O)c2cccc(NS(=O)(=O)c3ccccc3)c2)sc2cc3c(cc21)OCO3. The highest BCUT2D eigenvalue weighted by molar-refractivity contribution is 7.92. The molecule has 0 saturated heterocycles. The van der Waals surface area contributed by atoms with Gasteiger partial charge in [-0.15, -0.1) is 6.42 Å². The summed E-state index contributed by atoms with van der Waals surface area (Å²) >= 11 is 1.30. The molecule has 0 spiro atoms. The second-order valence-corrected chi connectivity index (χ2v) is 9.96. The number of fused-ring (bicyclic) bond motifs is 2. The number of thiazole rings is 1. The second kappa shape index (κ2) is 8.70. The number of terminal acetylenes is 1. The minimum atomic E-state index is -3.79. The number of nitrogens with one attached hydrogen (secondary N) is 1. The van der Waals surface area contributed by atoms with Gasteiger partial charge in [-0.05, 0) is 30.3 Å². The Labute approximate surface area is 199 Å². The molecule has 1 N–H and O–H groups in total. The minimum absolute atomic E-state index is 0.122. The van der Waals surface area contributed by atoms with Gasteiger partial charge in [-0.25, -0.2) is 8.42 Å². The van der Waals surface area contributed by atoms with Crippen LogP contribution in [0.5, 0.6) is 11.5 Å². The molecule has 0 bridgehead atoms. The van der Waals surface area contributed by atoms with Gasteiger partial charge in [0.25, 0.3) is 15.9 Å². The summed E-state index contributed by atoms with van der Waals surface area (Å²) in [7, 11) is -3.79. The van der Waals surface area contributed by atoms with Crippen LogP contribution in [0.15, 0.2) is 76.6 Å². The quantitative estimate of drug-likeness (QED) is 0.430. The molecule has 1 aliphatic rings. The standard InChI is InChI=1S/C24H17N3O5S2/c1-2-11-27-19-13-20-21(32-15-31-20)14-22(19)33-24(27)25-23(28)16-7-6-8-17(12-16)26-34(29,30)18-9-4-3-5-10-18/h1,3-10,12-14,26H,11,15H2. The van der Waals surface area contributed by atoms with E-state index in [-0.39, 0.29) is 29.5 Å². The highest BCUT2D eigenvalue weighted by Crippen LogP contribution is 2.37. The molecule has 0 atom stereocenters. The maximum absolute atomic E-state index is 13.0. The van der Waals surface area contributed by atoms with E-state index in [2.05, 4.69) is 15.6 Å². The highest BCUT2D eigenvalue weighted by atomic mass is 32.2. The van der Waals surface area contributed by atoms with Crippen molar-refractivity contribution >= 4 is 43.2 Å². The van der Waals surface area contributed by atoms with Gasteiger partial charge in [0.1, 0.15) is 0 Å². The summed E-state index contributed by atoms with van der Waals surface area (Å²) in [5.74, 6) is 3.28. The molecule has 1 aliphatic heterocycles. The number of amides is 1. The summed E-state index contributed by atoms with van der Waals surface area (Å²) in [5, 5.41) is 0. The van der Waals surface area contributed by atoms with Crippen LogP contribution in [0.4, 0.5) is 5.69 Å². The molecule has 170 valence electrons. The van der Waals surface area contributed by atoms with E-state index in [4.69, 9.17) is 15.9 Å². The molecule has 8 nitrogen and oxygen atoms in total. The van der Waals surface area contributed by atoms with E-state index in [0.29, 0.717) is 16.3 Å². The molecular weight excluding hydrogens is 474 g/mol. The zero-order chi connectivity index (χ0) is 23.7. The second-order valence-electron chi connectivity index (χ2n) is 7.26. The van der Waals surface area contributed by atoms with E-state index < -0.39 is 15.9 Å². The van der Waals surface area contributed by atoms with Crippen LogP contribution in [0.25, 0.3) is 10.2 Å². The lowest BCUT2D eigenvalue weighted by atomic mass is 10.2. The summed E-state index contributed by atoms with van der Waals surface area (Å²) in [5.41, 5.74) is 1.26. The molecule has 0 saturated carbocycles. The van der Waals surface area contributed by atoms with Crippen LogP contribution >= 0.6 is 11.3 Å². The van der Waals surface area contributed by atoms with Gasteiger partial charge < -0.3 is 14.0 Å². The predicted octanol–water partition coefficient (Wildman–Crippen LogP) is 3.61. The zero-order valence-electron chi connectivity index (χ0n) is 17.6. The number of benzene rings is 3. The molecular formula is C24H17N3O5S2. The Morgan fingerprint density at radius 2 is 1.85 bits per heavy atom. The number of anilines is 1. The van der Waals surface area contributed by atoms with Crippen molar-refractivity contribution in [3.63, 3.8) is 0 Å². The van der Waals surface area contributed by atoms with Crippen molar-refractivity contribution in [2.75, 3.05) is 11.5 Å². The molecule has 0 aliphatic carbocycles. The predicted molar refractivity (Wildman–Crippen MR) is 128 cm³/mol. The maximum atomic E-state index is 13.0. The number of hydrogen-bond donors (Lipinski definition) is 1. The molecule has 5 rings (SSSR count). The van der Waals surface area contributed by atoms with Gasteiger partial charge in [-0.3, -0.25) is 9.52 Å². The number of carbonyl (C=O) groups is 1. The van der Waals surface area contributed by atoms with Crippen molar-refractivity contribution in [2.45, 2.75) is 11.4 Å². The lowest BCUT2D eigenvalue weighted by Crippen LogP contribution is -2.17. The van der Waals surface area contributed by atoms with Crippen molar-refractivity contribution < 1.29 is 22.7 Å². The molecule has 3 aromatic carbocycles. The first-order valence-electron chi connectivity index (χ1n) is 10.1. The largest absolute Gasteiger partial charge is 0.454 e. The third-order valence-corrected chi connectivity index (χ3v) is 7.48. The fourth-order valence-corrected chi connectivity index (χ4v) is 5.58. The van der Waals surface area contributed by atoms with Gasteiger partial charge in [0, 0.05) is 23.4 Å². The van der Waals surface area contributed by atoms with Crippen LogP contribution in [0.3, 0.4) is 0 Å². The fourth-order valence-electron chi connectivity index (χ4n) is 3.47. The molecule has 1 aromatic heterocycles. The number of carbonyl (C=O) groups excluding carboxylic acids is 1. The normalized spacial score (nSPS) is 13.1. The highest BCUT2D eigenvalue weighted by Gasteiger charge is 2.18. The number of aromatic nitrogens is 1. The number of rotatable bonds is 5. The van der Waals surface area contributed by atoms with Crippen molar-refractivity contribution in [2.24, 2.45) is 4.99 Å². The van der Waals surface area contributed by atoms with Crippen LogP contribution in [-0.2, 0) is 16.6 Å². The molecule has 1 amide bonds. The topological polar surface area (TPSA) is 99.0 Å². The van der Waals surface area contributed by atoms with Crippen molar-refractivity contribution in [1.29, 1.82) is 0 Å². The smallest absolute Gasteiger partial charge is 0.279 e. The van der Waals surface area contributed by atoms with E-state index in [0.717, 1.165) is 10.2 Å². The van der Waals surface area contributed by atoms with Crippen molar-refractivity contribution in [3.05, 3.63) is 77.1 Å². The van der Waals surface area contributed by atoms with Gasteiger partial charge in [0.15, 0.2) is 16.3 Å². The Morgan fingerprint density at radius 3 is 2.62 bits per heavy atom. The first-order valence-corrected chi connectivity index (χ1v) is 12.4. The summed E-state index contributed by atoms with van der Waals surface area (Å²) in [6, 6.07) is 17.8. The van der Waals surface area contributed by atoms with E-state index in [1.54, 1.807) is 41.0 Å². The summed E-state index contributed by atoms with van der Waals surface area (Å²) < 4.78 is 41.2. The third kappa shape index (κ3) is 4.14. The first kappa shape index (κ1) is 21.8. The zero-order valence-corrected chi connectivity index (χ0v) is 19.2. The fraction of sp³-hybridized carbons (Fsp3) is 0.0833. The average molecular weight is 492 g/mol.